The standard InChI is InChI=1S/C20H22ClNO4/c1-13(15-7-5-4-6-8-15)11-19(23)26-14(2)20(24)22-17-12-16(21)9-10-18(17)25-3/h4-10,12-14H,11H2,1-3H3,(H,22,24)/t13-,14+/m1/s1. The van der Waals surface area contributed by atoms with Gasteiger partial charge in [-0.05, 0) is 36.6 Å². The van der Waals surface area contributed by atoms with Gasteiger partial charge in [0.2, 0.25) is 0 Å². The number of hydrogen-bond acceptors (Lipinski definition) is 4. The summed E-state index contributed by atoms with van der Waals surface area (Å²) in [7, 11) is 1.49. The largest absolute Gasteiger partial charge is 0.495 e. The summed E-state index contributed by atoms with van der Waals surface area (Å²) in [4.78, 5) is 24.4. The minimum absolute atomic E-state index is 0.00647. The topological polar surface area (TPSA) is 64.6 Å². The first-order valence-electron chi connectivity index (χ1n) is 8.29. The monoisotopic (exact) mass is 375 g/mol. The Hall–Kier alpha value is -2.53. The van der Waals surface area contributed by atoms with Crippen LogP contribution in [0.1, 0.15) is 31.7 Å². The third-order valence-electron chi connectivity index (χ3n) is 3.94. The van der Waals surface area contributed by atoms with Crippen LogP contribution in [0.2, 0.25) is 5.02 Å². The molecular weight excluding hydrogens is 354 g/mol. The van der Waals surface area contributed by atoms with Crippen LogP contribution in [0.3, 0.4) is 0 Å². The number of halogens is 1. The van der Waals surface area contributed by atoms with Crippen LogP contribution in [0.4, 0.5) is 5.69 Å². The van der Waals surface area contributed by atoms with Crippen molar-refractivity contribution in [1.29, 1.82) is 0 Å². The molecule has 5 nitrogen and oxygen atoms in total. The van der Waals surface area contributed by atoms with E-state index in [1.165, 1.54) is 14.0 Å². The van der Waals surface area contributed by atoms with E-state index >= 15 is 0 Å². The molecule has 2 atom stereocenters. The summed E-state index contributed by atoms with van der Waals surface area (Å²) in [6.07, 6.45) is -0.739. The van der Waals surface area contributed by atoms with Crippen molar-refractivity contribution >= 4 is 29.2 Å². The lowest BCUT2D eigenvalue weighted by Crippen LogP contribution is -2.30. The van der Waals surface area contributed by atoms with Crippen molar-refractivity contribution in [2.75, 3.05) is 12.4 Å². The van der Waals surface area contributed by atoms with Gasteiger partial charge in [0.05, 0.1) is 19.2 Å². The first-order valence-corrected chi connectivity index (χ1v) is 8.67. The summed E-state index contributed by atoms with van der Waals surface area (Å²) in [6.45, 7) is 3.47. The van der Waals surface area contributed by atoms with Gasteiger partial charge < -0.3 is 14.8 Å². The lowest BCUT2D eigenvalue weighted by molar-refractivity contribution is -0.153. The number of benzene rings is 2. The summed E-state index contributed by atoms with van der Waals surface area (Å²) in [5.74, 6) is -0.403. The molecule has 0 unspecified atom stereocenters. The molecule has 0 radical (unpaired) electrons. The first-order chi connectivity index (χ1) is 12.4. The van der Waals surface area contributed by atoms with E-state index in [0.29, 0.717) is 16.5 Å². The summed E-state index contributed by atoms with van der Waals surface area (Å²) < 4.78 is 10.4. The highest BCUT2D eigenvalue weighted by molar-refractivity contribution is 6.31. The van der Waals surface area contributed by atoms with Crippen LogP contribution in [-0.2, 0) is 14.3 Å². The van der Waals surface area contributed by atoms with E-state index in [1.807, 2.05) is 37.3 Å². The lowest BCUT2D eigenvalue weighted by atomic mass is 9.98. The van der Waals surface area contributed by atoms with Crippen LogP contribution in [0.5, 0.6) is 5.75 Å². The number of carbonyl (C=O) groups is 2. The maximum Gasteiger partial charge on any atom is 0.307 e. The van der Waals surface area contributed by atoms with Crippen molar-refractivity contribution in [3.8, 4) is 5.75 Å². The van der Waals surface area contributed by atoms with E-state index in [1.54, 1.807) is 18.2 Å². The molecule has 6 heteroatoms. The van der Waals surface area contributed by atoms with Crippen LogP contribution < -0.4 is 10.1 Å². The normalized spacial score (nSPS) is 12.8. The number of hydrogen-bond donors (Lipinski definition) is 1. The molecular formula is C20H22ClNO4. The van der Waals surface area contributed by atoms with Gasteiger partial charge in [-0.1, -0.05) is 48.9 Å². The summed E-state index contributed by atoms with van der Waals surface area (Å²) in [5.41, 5.74) is 1.47. The van der Waals surface area contributed by atoms with Crippen LogP contribution in [0.25, 0.3) is 0 Å². The van der Waals surface area contributed by atoms with Gasteiger partial charge in [0.25, 0.3) is 5.91 Å². The number of esters is 1. The Morgan fingerprint density at radius 1 is 1.12 bits per heavy atom. The Kier molecular flexibility index (Phi) is 7.04. The zero-order chi connectivity index (χ0) is 19.1. The summed E-state index contributed by atoms with van der Waals surface area (Å²) >= 11 is 5.94. The molecule has 2 aromatic carbocycles. The van der Waals surface area contributed by atoms with E-state index in [0.717, 1.165) is 5.56 Å². The van der Waals surface area contributed by atoms with Gasteiger partial charge in [-0.25, -0.2) is 0 Å². The van der Waals surface area contributed by atoms with E-state index < -0.39 is 18.0 Å². The number of nitrogens with one attached hydrogen (secondary N) is 1. The first kappa shape index (κ1) is 19.8. The molecule has 0 bridgehead atoms. The molecule has 0 aliphatic heterocycles. The summed E-state index contributed by atoms with van der Waals surface area (Å²) in [6, 6.07) is 14.6. The lowest BCUT2D eigenvalue weighted by Gasteiger charge is -2.17. The zero-order valence-corrected chi connectivity index (χ0v) is 15.7. The molecule has 2 aromatic rings. The van der Waals surface area contributed by atoms with Crippen molar-refractivity contribution in [2.24, 2.45) is 0 Å². The van der Waals surface area contributed by atoms with E-state index in [4.69, 9.17) is 21.1 Å². The average molecular weight is 376 g/mol. The van der Waals surface area contributed by atoms with Gasteiger partial charge in [0, 0.05) is 5.02 Å². The van der Waals surface area contributed by atoms with Crippen molar-refractivity contribution in [3.63, 3.8) is 0 Å². The second-order valence-corrected chi connectivity index (χ2v) is 6.42. The predicted octanol–water partition coefficient (Wildman–Crippen LogP) is 4.41. The zero-order valence-electron chi connectivity index (χ0n) is 15.0. The second kappa shape index (κ2) is 9.25. The summed E-state index contributed by atoms with van der Waals surface area (Å²) in [5, 5.41) is 3.13. The fourth-order valence-corrected chi connectivity index (χ4v) is 2.63. The van der Waals surface area contributed by atoms with Crippen molar-refractivity contribution in [3.05, 3.63) is 59.1 Å². The number of rotatable bonds is 7. The maximum atomic E-state index is 12.3. The number of carbonyl (C=O) groups excluding carboxylic acids is 2. The van der Waals surface area contributed by atoms with Gasteiger partial charge >= 0.3 is 5.97 Å². The van der Waals surface area contributed by atoms with Crippen molar-refractivity contribution < 1.29 is 19.1 Å². The van der Waals surface area contributed by atoms with Crippen LogP contribution in [0.15, 0.2) is 48.5 Å². The quantitative estimate of drug-likeness (QED) is 0.728. The van der Waals surface area contributed by atoms with Gasteiger partial charge in [-0.15, -0.1) is 0 Å². The van der Waals surface area contributed by atoms with Crippen molar-refractivity contribution in [1.82, 2.24) is 0 Å². The van der Waals surface area contributed by atoms with Gasteiger partial charge in [-0.2, -0.15) is 0 Å². The predicted molar refractivity (Wildman–Crippen MR) is 102 cm³/mol. The van der Waals surface area contributed by atoms with Crippen molar-refractivity contribution in [2.45, 2.75) is 32.3 Å². The molecule has 1 amide bonds. The molecule has 0 aromatic heterocycles. The fourth-order valence-electron chi connectivity index (χ4n) is 2.46. The Balaban J connectivity index is 1.92. The number of ether oxygens (including phenoxy) is 2. The molecule has 0 heterocycles. The van der Waals surface area contributed by atoms with Gasteiger partial charge in [-0.3, -0.25) is 9.59 Å². The van der Waals surface area contributed by atoms with Crippen LogP contribution in [-0.4, -0.2) is 25.1 Å². The van der Waals surface area contributed by atoms with E-state index in [-0.39, 0.29) is 12.3 Å². The Labute approximate surface area is 158 Å². The van der Waals surface area contributed by atoms with Gasteiger partial charge in [0.15, 0.2) is 6.10 Å². The SMILES string of the molecule is COc1ccc(Cl)cc1NC(=O)[C@H](C)OC(=O)C[C@@H](C)c1ccccc1. The van der Waals surface area contributed by atoms with E-state index in [2.05, 4.69) is 5.32 Å². The Morgan fingerprint density at radius 2 is 1.81 bits per heavy atom. The molecule has 0 saturated carbocycles. The molecule has 138 valence electrons. The molecule has 1 N–H and O–H groups in total. The fraction of sp³-hybridized carbons (Fsp3) is 0.300. The minimum Gasteiger partial charge on any atom is -0.495 e. The highest BCUT2D eigenvalue weighted by Crippen LogP contribution is 2.28. The number of amides is 1. The highest BCUT2D eigenvalue weighted by Gasteiger charge is 2.21. The molecule has 2 rings (SSSR count). The number of anilines is 1. The smallest absolute Gasteiger partial charge is 0.307 e. The van der Waals surface area contributed by atoms with E-state index in [9.17, 15) is 9.59 Å². The Bertz CT molecular complexity index is 764. The van der Waals surface area contributed by atoms with Crippen LogP contribution in [0, 0.1) is 0 Å². The molecule has 26 heavy (non-hydrogen) atoms. The molecule has 0 fully saturated rings. The number of methoxy groups -OCH3 is 1. The molecule has 0 saturated heterocycles. The third kappa shape index (κ3) is 5.49. The molecule has 0 spiro atoms. The minimum atomic E-state index is -0.936. The maximum absolute atomic E-state index is 12.3. The third-order valence-corrected chi connectivity index (χ3v) is 4.17. The molecule has 0 aliphatic carbocycles. The second-order valence-electron chi connectivity index (χ2n) is 5.98. The van der Waals surface area contributed by atoms with Gasteiger partial charge in [0.1, 0.15) is 5.75 Å². The Morgan fingerprint density at radius 3 is 2.46 bits per heavy atom. The average Bonchev–Trinajstić information content (AvgIpc) is 2.62. The molecule has 0 aliphatic rings. The van der Waals surface area contributed by atoms with Crippen LogP contribution >= 0.6 is 11.6 Å². The highest BCUT2D eigenvalue weighted by atomic mass is 35.5.